The number of hydrogen-bond donors (Lipinski definition) is 1. The molecule has 0 aliphatic rings. The van der Waals surface area contributed by atoms with Crippen molar-refractivity contribution in [3.05, 3.63) is 36.0 Å². The molecule has 0 aliphatic carbocycles. The van der Waals surface area contributed by atoms with E-state index in [2.05, 4.69) is 5.32 Å². The number of aryl methyl sites for hydroxylation is 1. The number of rotatable bonds is 6. The van der Waals surface area contributed by atoms with Crippen molar-refractivity contribution in [3.8, 4) is 0 Å². The van der Waals surface area contributed by atoms with Gasteiger partial charge in [-0.15, -0.1) is 0 Å². The van der Waals surface area contributed by atoms with Crippen molar-refractivity contribution in [1.82, 2.24) is 14.8 Å². The van der Waals surface area contributed by atoms with Crippen LogP contribution in [0, 0.1) is 0 Å². The molecule has 0 fully saturated rings. The molecule has 0 aliphatic heterocycles. The number of likely N-dealkylation sites (N-methyl/N-ethyl adjacent to an activating group) is 1. The molecule has 0 radical (unpaired) electrons. The number of para-hydroxylation sites is 1. The molecule has 1 aromatic carbocycles. The van der Waals surface area contributed by atoms with Gasteiger partial charge in [-0.1, -0.05) is 25.1 Å². The highest BCUT2D eigenvalue weighted by Gasteiger charge is 2.19. The van der Waals surface area contributed by atoms with Crippen LogP contribution in [-0.4, -0.2) is 41.4 Å². The van der Waals surface area contributed by atoms with E-state index in [-0.39, 0.29) is 18.4 Å². The van der Waals surface area contributed by atoms with Gasteiger partial charge >= 0.3 is 0 Å². The molecule has 22 heavy (non-hydrogen) atoms. The maximum atomic E-state index is 12.6. The molecule has 0 saturated carbocycles. The van der Waals surface area contributed by atoms with Gasteiger partial charge in [0, 0.05) is 31.0 Å². The second-order valence-corrected chi connectivity index (χ2v) is 5.34. The zero-order chi connectivity index (χ0) is 16.1. The van der Waals surface area contributed by atoms with Crippen LogP contribution in [0.2, 0.25) is 0 Å². The number of carbonyl (C=O) groups excluding carboxylic acids is 2. The molecular formula is C17H23N3O2. The van der Waals surface area contributed by atoms with Gasteiger partial charge < -0.3 is 14.8 Å². The number of fused-ring (bicyclic) bond motifs is 1. The lowest BCUT2D eigenvalue weighted by molar-refractivity contribution is -0.121. The van der Waals surface area contributed by atoms with Crippen molar-refractivity contribution in [3.63, 3.8) is 0 Å². The highest BCUT2D eigenvalue weighted by molar-refractivity contribution is 6.00. The van der Waals surface area contributed by atoms with Crippen molar-refractivity contribution in [2.75, 3.05) is 20.1 Å². The zero-order valence-electron chi connectivity index (χ0n) is 13.4. The van der Waals surface area contributed by atoms with E-state index in [0.29, 0.717) is 18.8 Å². The molecule has 0 atom stereocenters. The molecule has 2 rings (SSSR count). The first-order valence-electron chi connectivity index (χ1n) is 7.68. The maximum Gasteiger partial charge on any atom is 0.270 e. The number of hydrogen-bond acceptors (Lipinski definition) is 2. The number of amides is 2. The molecule has 5 heteroatoms. The molecule has 118 valence electrons. The van der Waals surface area contributed by atoms with Crippen LogP contribution in [0.1, 0.15) is 30.8 Å². The van der Waals surface area contributed by atoms with Crippen molar-refractivity contribution < 1.29 is 9.59 Å². The minimum atomic E-state index is -0.135. The Morgan fingerprint density at radius 2 is 1.95 bits per heavy atom. The summed E-state index contributed by atoms with van der Waals surface area (Å²) in [7, 11) is 1.66. The van der Waals surface area contributed by atoms with Gasteiger partial charge in [-0.2, -0.15) is 0 Å². The summed E-state index contributed by atoms with van der Waals surface area (Å²) >= 11 is 0. The van der Waals surface area contributed by atoms with Gasteiger partial charge in [-0.05, 0) is 25.5 Å². The Morgan fingerprint density at radius 3 is 2.64 bits per heavy atom. The van der Waals surface area contributed by atoms with Gasteiger partial charge in [-0.25, -0.2) is 0 Å². The van der Waals surface area contributed by atoms with Crippen LogP contribution >= 0.6 is 0 Å². The molecule has 5 nitrogen and oxygen atoms in total. The topological polar surface area (TPSA) is 54.3 Å². The number of nitrogens with one attached hydrogen (secondary N) is 1. The Labute approximate surface area is 130 Å². The van der Waals surface area contributed by atoms with Gasteiger partial charge in [0.1, 0.15) is 5.69 Å². The van der Waals surface area contributed by atoms with Crippen LogP contribution in [0.25, 0.3) is 10.9 Å². The van der Waals surface area contributed by atoms with Crippen LogP contribution in [0.4, 0.5) is 0 Å². The minimum Gasteiger partial charge on any atom is -0.355 e. The first-order chi connectivity index (χ1) is 10.6. The number of carbonyl (C=O) groups is 2. The predicted molar refractivity (Wildman–Crippen MR) is 87.9 cm³/mol. The van der Waals surface area contributed by atoms with Gasteiger partial charge in [0.05, 0.1) is 6.54 Å². The molecular weight excluding hydrogens is 278 g/mol. The smallest absolute Gasteiger partial charge is 0.270 e. The summed E-state index contributed by atoms with van der Waals surface area (Å²) in [6, 6.07) is 9.81. The molecule has 0 unspecified atom stereocenters. The van der Waals surface area contributed by atoms with Crippen LogP contribution in [-0.2, 0) is 11.3 Å². The van der Waals surface area contributed by atoms with Crippen molar-refractivity contribution in [2.45, 2.75) is 26.8 Å². The fourth-order valence-electron chi connectivity index (χ4n) is 2.53. The lowest BCUT2D eigenvalue weighted by atomic mass is 10.2. The van der Waals surface area contributed by atoms with E-state index < -0.39 is 0 Å². The maximum absolute atomic E-state index is 12.6. The van der Waals surface area contributed by atoms with Crippen LogP contribution in [0.5, 0.6) is 0 Å². The quantitative estimate of drug-likeness (QED) is 0.890. The third-order valence-corrected chi connectivity index (χ3v) is 3.65. The summed E-state index contributed by atoms with van der Waals surface area (Å²) in [6.45, 7) is 5.43. The van der Waals surface area contributed by atoms with Crippen molar-refractivity contribution in [2.24, 2.45) is 0 Å². The fourth-order valence-corrected chi connectivity index (χ4v) is 2.53. The van der Waals surface area contributed by atoms with Gasteiger partial charge in [0.15, 0.2) is 0 Å². The molecule has 0 bridgehead atoms. The van der Waals surface area contributed by atoms with E-state index in [4.69, 9.17) is 0 Å². The van der Waals surface area contributed by atoms with Crippen molar-refractivity contribution >= 4 is 22.7 Å². The fraction of sp³-hybridized carbons (Fsp3) is 0.412. The summed E-state index contributed by atoms with van der Waals surface area (Å²) in [5.74, 6) is -0.262. The van der Waals surface area contributed by atoms with Crippen LogP contribution in [0.15, 0.2) is 30.3 Å². The molecule has 2 aromatic rings. The standard InChI is InChI=1S/C17H23N3O2/c1-4-10-18-16(21)12-19(3)17(22)15-11-13-8-6-7-9-14(13)20(15)5-2/h6-9,11H,4-5,10,12H2,1-3H3,(H,18,21). The molecule has 0 spiro atoms. The van der Waals surface area contributed by atoms with Crippen molar-refractivity contribution in [1.29, 1.82) is 0 Å². The molecule has 1 N–H and O–H groups in total. The van der Waals surface area contributed by atoms with E-state index in [1.807, 2.05) is 48.7 Å². The zero-order valence-corrected chi connectivity index (χ0v) is 13.4. The molecule has 2 amide bonds. The number of nitrogens with zero attached hydrogens (tertiary/aromatic N) is 2. The molecule has 0 saturated heterocycles. The largest absolute Gasteiger partial charge is 0.355 e. The monoisotopic (exact) mass is 301 g/mol. The molecule has 1 aromatic heterocycles. The Kier molecular flexibility index (Phi) is 5.20. The van der Waals surface area contributed by atoms with Gasteiger partial charge in [0.25, 0.3) is 5.91 Å². The summed E-state index contributed by atoms with van der Waals surface area (Å²) in [5.41, 5.74) is 1.66. The number of aromatic nitrogens is 1. The SMILES string of the molecule is CCCNC(=O)CN(C)C(=O)c1cc2ccccc2n1CC. The first kappa shape index (κ1) is 16.1. The number of benzene rings is 1. The third-order valence-electron chi connectivity index (χ3n) is 3.65. The lowest BCUT2D eigenvalue weighted by Crippen LogP contribution is -2.39. The highest BCUT2D eigenvalue weighted by Crippen LogP contribution is 2.20. The Balaban J connectivity index is 2.20. The Morgan fingerprint density at radius 1 is 1.23 bits per heavy atom. The highest BCUT2D eigenvalue weighted by atomic mass is 16.2. The van der Waals surface area contributed by atoms with Crippen LogP contribution < -0.4 is 5.32 Å². The summed E-state index contributed by atoms with van der Waals surface area (Å²) < 4.78 is 1.98. The normalized spacial score (nSPS) is 10.7. The minimum absolute atomic E-state index is 0.0735. The Bertz CT molecular complexity index is 676. The second kappa shape index (κ2) is 7.11. The summed E-state index contributed by atoms with van der Waals surface area (Å²) in [6.07, 6.45) is 0.882. The van der Waals surface area contributed by atoms with Crippen LogP contribution in [0.3, 0.4) is 0 Å². The van der Waals surface area contributed by atoms with E-state index in [9.17, 15) is 9.59 Å². The van der Waals surface area contributed by atoms with E-state index in [0.717, 1.165) is 17.3 Å². The third kappa shape index (κ3) is 3.30. The van der Waals surface area contributed by atoms with Gasteiger partial charge in [-0.3, -0.25) is 9.59 Å². The lowest BCUT2D eigenvalue weighted by Gasteiger charge is -2.18. The van der Waals surface area contributed by atoms with E-state index >= 15 is 0 Å². The Hall–Kier alpha value is -2.30. The van der Waals surface area contributed by atoms with E-state index in [1.165, 1.54) is 4.90 Å². The summed E-state index contributed by atoms with van der Waals surface area (Å²) in [5, 5.41) is 3.82. The van der Waals surface area contributed by atoms with Gasteiger partial charge in [0.2, 0.25) is 5.91 Å². The summed E-state index contributed by atoms with van der Waals surface area (Å²) in [4.78, 5) is 25.9. The average molecular weight is 301 g/mol. The first-order valence-corrected chi connectivity index (χ1v) is 7.68. The second-order valence-electron chi connectivity index (χ2n) is 5.34. The average Bonchev–Trinajstić information content (AvgIpc) is 2.90. The van der Waals surface area contributed by atoms with E-state index in [1.54, 1.807) is 7.05 Å². The molecule has 1 heterocycles. The predicted octanol–water partition coefficient (Wildman–Crippen LogP) is 2.26.